The van der Waals surface area contributed by atoms with Gasteiger partial charge in [-0.3, -0.25) is 4.79 Å². The molecule has 35 heavy (non-hydrogen) atoms. The number of Topliss-reactive ketones (excluding diaryl/α,β-unsaturated/α-hetero) is 1. The van der Waals surface area contributed by atoms with Crippen molar-refractivity contribution in [3.63, 3.8) is 0 Å². The third kappa shape index (κ3) is 26.3. The average Bonchev–Trinajstić information content (AvgIpc) is 2.82. The lowest BCUT2D eigenvalue weighted by atomic mass is 9.92. The van der Waals surface area contributed by atoms with E-state index in [9.17, 15) is 9.18 Å². The summed E-state index contributed by atoms with van der Waals surface area (Å²) in [7, 11) is 0. The number of allylic oxidation sites excluding steroid dienone is 2. The van der Waals surface area contributed by atoms with Gasteiger partial charge >= 0.3 is 0 Å². The van der Waals surface area contributed by atoms with E-state index in [1.54, 1.807) is 30.8 Å². The molecule has 0 radical (unpaired) electrons. The van der Waals surface area contributed by atoms with E-state index in [-0.39, 0.29) is 17.0 Å². The lowest BCUT2D eigenvalue weighted by molar-refractivity contribution is -0.124. The fourth-order valence-corrected chi connectivity index (χ4v) is 2.21. The number of ketones is 1. The lowest BCUT2D eigenvalue weighted by Crippen LogP contribution is -2.15. The minimum Gasteiger partial charge on any atom is -0.299 e. The zero-order valence-corrected chi connectivity index (χ0v) is 25.3. The third-order valence-corrected chi connectivity index (χ3v) is 5.54. The SMILES string of the molecule is C=C(C)S/C=C(\C)CC.CC.CC(=O)C(C)(C)C.CCc1ccc(C)cc1.Cc1ccc(F)cc1. The highest BCUT2D eigenvalue weighted by Gasteiger charge is 2.14. The van der Waals surface area contributed by atoms with Crippen molar-refractivity contribution in [3.8, 4) is 0 Å². The van der Waals surface area contributed by atoms with Gasteiger partial charge in [-0.1, -0.05) is 108 Å². The Labute approximate surface area is 221 Å². The van der Waals surface area contributed by atoms with Gasteiger partial charge in [0.05, 0.1) is 0 Å². The molecule has 0 aromatic heterocycles. The molecule has 0 saturated carbocycles. The van der Waals surface area contributed by atoms with E-state index in [2.05, 4.69) is 63.9 Å². The quantitative estimate of drug-likeness (QED) is 0.413. The van der Waals surface area contributed by atoms with Crippen LogP contribution in [0.5, 0.6) is 0 Å². The summed E-state index contributed by atoms with van der Waals surface area (Å²) in [5.41, 5.74) is 5.13. The van der Waals surface area contributed by atoms with Gasteiger partial charge in [0.25, 0.3) is 0 Å². The van der Waals surface area contributed by atoms with Gasteiger partial charge in [-0.15, -0.1) is 11.8 Å². The lowest BCUT2D eigenvalue weighted by Gasteiger charge is -2.11. The van der Waals surface area contributed by atoms with Gasteiger partial charge in [-0.25, -0.2) is 4.39 Å². The van der Waals surface area contributed by atoms with Gasteiger partial charge in [-0.05, 0) is 75.5 Å². The van der Waals surface area contributed by atoms with Crippen LogP contribution in [0.2, 0.25) is 0 Å². The van der Waals surface area contributed by atoms with E-state index in [1.807, 2.05) is 48.5 Å². The Hall–Kier alpha value is -2.13. The molecule has 3 heteroatoms. The number of hydrogen-bond acceptors (Lipinski definition) is 2. The summed E-state index contributed by atoms with van der Waals surface area (Å²) in [6, 6.07) is 15.1. The molecule has 0 fully saturated rings. The molecule has 2 aromatic rings. The fraction of sp³-hybridized carbons (Fsp3) is 0.469. The first-order valence-electron chi connectivity index (χ1n) is 12.5. The number of hydrogen-bond donors (Lipinski definition) is 0. The van der Waals surface area contributed by atoms with Gasteiger partial charge in [-0.2, -0.15) is 0 Å². The zero-order valence-electron chi connectivity index (χ0n) is 24.5. The number of rotatable bonds is 4. The summed E-state index contributed by atoms with van der Waals surface area (Å²) >= 11 is 1.71. The maximum Gasteiger partial charge on any atom is 0.135 e. The molecule has 0 saturated heterocycles. The summed E-state index contributed by atoms with van der Waals surface area (Å²) < 4.78 is 12.1. The van der Waals surface area contributed by atoms with Crippen LogP contribution in [-0.4, -0.2) is 5.78 Å². The molecule has 0 bridgehead atoms. The van der Waals surface area contributed by atoms with Gasteiger partial charge < -0.3 is 0 Å². The predicted octanol–water partition coefficient (Wildman–Crippen LogP) is 10.9. The summed E-state index contributed by atoms with van der Waals surface area (Å²) in [6.07, 6.45) is 2.28. The van der Waals surface area contributed by atoms with Crippen LogP contribution in [0.25, 0.3) is 0 Å². The third-order valence-electron chi connectivity index (χ3n) is 4.61. The van der Waals surface area contributed by atoms with E-state index >= 15 is 0 Å². The van der Waals surface area contributed by atoms with Crippen LogP contribution in [0.1, 0.15) is 92.3 Å². The van der Waals surface area contributed by atoms with Gasteiger partial charge in [0.2, 0.25) is 0 Å². The Morgan fingerprint density at radius 3 is 1.51 bits per heavy atom. The van der Waals surface area contributed by atoms with E-state index < -0.39 is 0 Å². The molecule has 0 amide bonds. The van der Waals surface area contributed by atoms with E-state index in [4.69, 9.17) is 0 Å². The zero-order chi connectivity index (χ0) is 28.0. The predicted molar refractivity (Wildman–Crippen MR) is 160 cm³/mol. The normalized spacial score (nSPS) is 10.0. The van der Waals surface area contributed by atoms with Crippen LogP contribution in [0.15, 0.2) is 71.0 Å². The van der Waals surface area contributed by atoms with Crippen molar-refractivity contribution in [2.45, 2.75) is 95.9 Å². The summed E-state index contributed by atoms with van der Waals surface area (Å²) in [6.45, 7) is 27.6. The maximum absolute atomic E-state index is 12.1. The van der Waals surface area contributed by atoms with Crippen molar-refractivity contribution in [2.75, 3.05) is 0 Å². The average molecular weight is 503 g/mol. The number of thioether (sulfide) groups is 1. The Morgan fingerprint density at radius 2 is 1.26 bits per heavy atom. The van der Waals surface area contributed by atoms with E-state index in [0.717, 1.165) is 23.3 Å². The molecule has 0 aliphatic rings. The molecule has 0 aliphatic carbocycles. The Kier molecular flexibility index (Phi) is 23.9. The second-order valence-electron chi connectivity index (χ2n) is 9.08. The van der Waals surface area contributed by atoms with Crippen LogP contribution in [0, 0.1) is 25.1 Å². The number of halogens is 1. The Morgan fingerprint density at radius 1 is 0.886 bits per heavy atom. The molecular formula is C32H51FOS. The molecule has 198 valence electrons. The van der Waals surface area contributed by atoms with Crippen molar-refractivity contribution < 1.29 is 9.18 Å². The van der Waals surface area contributed by atoms with Crippen molar-refractivity contribution >= 4 is 17.5 Å². The summed E-state index contributed by atoms with van der Waals surface area (Å²) in [5, 5.41) is 2.16. The molecule has 0 heterocycles. The van der Waals surface area contributed by atoms with Crippen molar-refractivity contribution in [3.05, 3.63) is 93.5 Å². The Balaban J connectivity index is -0.000000382. The fourth-order valence-electron chi connectivity index (χ4n) is 1.64. The first-order valence-corrected chi connectivity index (χ1v) is 13.4. The van der Waals surface area contributed by atoms with Crippen molar-refractivity contribution in [2.24, 2.45) is 5.41 Å². The molecule has 1 nitrogen and oxygen atoms in total. The first-order chi connectivity index (χ1) is 16.2. The van der Waals surface area contributed by atoms with E-state index in [1.165, 1.54) is 28.8 Å². The highest BCUT2D eigenvalue weighted by atomic mass is 32.2. The maximum atomic E-state index is 12.1. The number of carbonyl (C=O) groups is 1. The number of benzene rings is 2. The standard InChI is InChI=1S/C9H12.C8H14S.C7H7F.C6H12O.C2H6/c1-3-9-6-4-8(2)5-7-9;1-5-8(4)6-9-7(2)3;1-6-2-4-7(8)5-3-6;1-5(7)6(2,3)4;1-2/h4-7H,3H2,1-2H3;6H,2,5H2,1,3-4H3;2-5H,1H3;1-4H3;1-2H3/b;8-6+;;;. The van der Waals surface area contributed by atoms with Crippen LogP contribution in [0.4, 0.5) is 4.39 Å². The van der Waals surface area contributed by atoms with Gasteiger partial charge in [0.1, 0.15) is 11.6 Å². The van der Waals surface area contributed by atoms with Crippen LogP contribution >= 0.6 is 11.8 Å². The van der Waals surface area contributed by atoms with E-state index in [0.29, 0.717) is 0 Å². The highest BCUT2D eigenvalue weighted by Crippen LogP contribution is 2.16. The van der Waals surface area contributed by atoms with Crippen LogP contribution < -0.4 is 0 Å². The first kappa shape index (κ1) is 37.4. The summed E-state index contributed by atoms with van der Waals surface area (Å²) in [4.78, 5) is 11.6. The second kappa shape index (κ2) is 22.3. The smallest absolute Gasteiger partial charge is 0.135 e. The number of aryl methyl sites for hydroxylation is 3. The van der Waals surface area contributed by atoms with Gasteiger partial charge in [0, 0.05) is 5.41 Å². The van der Waals surface area contributed by atoms with Crippen molar-refractivity contribution in [1.29, 1.82) is 0 Å². The minimum atomic E-state index is -0.171. The highest BCUT2D eigenvalue weighted by molar-refractivity contribution is 8.05. The van der Waals surface area contributed by atoms with Crippen molar-refractivity contribution in [1.82, 2.24) is 0 Å². The molecule has 0 atom stereocenters. The monoisotopic (exact) mass is 502 g/mol. The molecule has 0 spiro atoms. The van der Waals surface area contributed by atoms with Crippen LogP contribution in [-0.2, 0) is 11.2 Å². The molecule has 2 aromatic carbocycles. The molecule has 2 rings (SSSR count). The molecule has 0 N–H and O–H groups in total. The second-order valence-corrected chi connectivity index (χ2v) is 10.2. The Bertz CT molecular complexity index is 804. The molecule has 0 unspecified atom stereocenters. The largest absolute Gasteiger partial charge is 0.299 e. The molecule has 0 aliphatic heterocycles. The van der Waals surface area contributed by atoms with Gasteiger partial charge in [0.15, 0.2) is 0 Å². The minimum absolute atomic E-state index is 0.139. The topological polar surface area (TPSA) is 17.1 Å². The molecular weight excluding hydrogens is 451 g/mol. The van der Waals surface area contributed by atoms with Crippen LogP contribution in [0.3, 0.4) is 0 Å². The number of carbonyl (C=O) groups excluding carboxylic acids is 1. The summed E-state index contributed by atoms with van der Waals surface area (Å²) in [5.74, 6) is 0.0723.